The van der Waals surface area contributed by atoms with E-state index >= 15 is 0 Å². The Morgan fingerprint density at radius 3 is 2.83 bits per heavy atom. The Balaban J connectivity index is 1.64. The van der Waals surface area contributed by atoms with E-state index in [4.69, 9.17) is 9.15 Å². The average molecular weight is 313 g/mol. The maximum atomic E-state index is 12.0. The Morgan fingerprint density at radius 1 is 1.30 bits per heavy atom. The quantitative estimate of drug-likeness (QED) is 0.863. The van der Waals surface area contributed by atoms with Gasteiger partial charge in [0.2, 0.25) is 5.91 Å². The minimum absolute atomic E-state index is 0.0584. The topological polar surface area (TPSA) is 51.5 Å². The van der Waals surface area contributed by atoms with E-state index in [2.05, 4.69) is 12.2 Å². The van der Waals surface area contributed by atoms with Crippen LogP contribution in [0.15, 0.2) is 34.8 Å². The second kappa shape index (κ2) is 6.90. The maximum absolute atomic E-state index is 12.0. The van der Waals surface area contributed by atoms with E-state index in [0.717, 1.165) is 24.1 Å². The number of para-hydroxylation sites is 1. The Labute approximate surface area is 136 Å². The summed E-state index contributed by atoms with van der Waals surface area (Å²) in [5.74, 6) is 2.07. The van der Waals surface area contributed by atoms with Gasteiger partial charge in [0.25, 0.3) is 0 Å². The molecule has 4 heteroatoms. The summed E-state index contributed by atoms with van der Waals surface area (Å²) in [5, 5.41) is 4.04. The van der Waals surface area contributed by atoms with Crippen molar-refractivity contribution in [2.45, 2.75) is 38.6 Å². The molecular weight excluding hydrogens is 290 g/mol. The summed E-state index contributed by atoms with van der Waals surface area (Å²) in [6.07, 6.45) is 7.78. The van der Waals surface area contributed by atoms with Crippen molar-refractivity contribution in [3.8, 4) is 5.75 Å². The van der Waals surface area contributed by atoms with E-state index in [9.17, 15) is 4.79 Å². The van der Waals surface area contributed by atoms with Gasteiger partial charge >= 0.3 is 0 Å². The Morgan fingerprint density at radius 2 is 2.09 bits per heavy atom. The molecule has 1 saturated carbocycles. The second-order valence-electron chi connectivity index (χ2n) is 6.33. The molecule has 23 heavy (non-hydrogen) atoms. The number of ether oxygens (including phenoxy) is 1. The van der Waals surface area contributed by atoms with Crippen molar-refractivity contribution in [2.75, 3.05) is 7.11 Å². The standard InChI is InChI=1S/C19H23NO3/c1-13-6-8-15(9-7-13)20-18(21)11-10-16-12-14-4-3-5-17(22-2)19(14)23-16/h3-5,10-13,15H,6-9H2,1-2H3,(H,20,21)/b11-10+. The zero-order valence-corrected chi connectivity index (χ0v) is 13.7. The molecule has 1 aliphatic rings. The van der Waals surface area contributed by atoms with E-state index in [1.165, 1.54) is 12.8 Å². The Hall–Kier alpha value is -2.23. The molecule has 1 amide bonds. The normalized spacial score (nSPS) is 21.7. The van der Waals surface area contributed by atoms with Crippen molar-refractivity contribution in [3.63, 3.8) is 0 Å². The fourth-order valence-corrected chi connectivity index (χ4v) is 3.11. The summed E-state index contributed by atoms with van der Waals surface area (Å²) >= 11 is 0. The van der Waals surface area contributed by atoms with Crippen LogP contribution in [0.4, 0.5) is 0 Å². The molecule has 1 aliphatic carbocycles. The molecule has 2 aromatic rings. The van der Waals surface area contributed by atoms with Crippen LogP contribution in [0.3, 0.4) is 0 Å². The van der Waals surface area contributed by atoms with Gasteiger partial charge < -0.3 is 14.5 Å². The summed E-state index contributed by atoms with van der Waals surface area (Å²) < 4.78 is 11.0. The van der Waals surface area contributed by atoms with Crippen LogP contribution in [0.25, 0.3) is 17.0 Å². The van der Waals surface area contributed by atoms with Crippen LogP contribution in [-0.2, 0) is 4.79 Å². The van der Waals surface area contributed by atoms with Crippen LogP contribution in [0, 0.1) is 5.92 Å². The predicted molar refractivity (Wildman–Crippen MR) is 91.4 cm³/mol. The Kier molecular flexibility index (Phi) is 4.70. The molecule has 1 fully saturated rings. The van der Waals surface area contributed by atoms with Gasteiger partial charge in [0.1, 0.15) is 5.76 Å². The smallest absolute Gasteiger partial charge is 0.244 e. The van der Waals surface area contributed by atoms with Gasteiger partial charge in [-0.05, 0) is 49.8 Å². The van der Waals surface area contributed by atoms with Crippen LogP contribution >= 0.6 is 0 Å². The lowest BCUT2D eigenvalue weighted by molar-refractivity contribution is -0.117. The molecule has 3 rings (SSSR count). The van der Waals surface area contributed by atoms with Gasteiger partial charge in [-0.25, -0.2) is 0 Å². The molecule has 4 nitrogen and oxygen atoms in total. The van der Waals surface area contributed by atoms with Gasteiger partial charge in [-0.3, -0.25) is 4.79 Å². The molecule has 0 aliphatic heterocycles. The van der Waals surface area contributed by atoms with Crippen molar-refractivity contribution in [2.24, 2.45) is 5.92 Å². The molecule has 0 radical (unpaired) electrons. The minimum Gasteiger partial charge on any atom is -0.493 e. The second-order valence-corrected chi connectivity index (χ2v) is 6.33. The van der Waals surface area contributed by atoms with Crippen LogP contribution in [0.2, 0.25) is 0 Å². The molecule has 1 aromatic heterocycles. The monoisotopic (exact) mass is 313 g/mol. The van der Waals surface area contributed by atoms with E-state index in [1.807, 2.05) is 24.3 Å². The molecule has 1 N–H and O–H groups in total. The highest BCUT2D eigenvalue weighted by atomic mass is 16.5. The molecule has 0 unspecified atom stereocenters. The number of rotatable bonds is 4. The third kappa shape index (κ3) is 3.76. The maximum Gasteiger partial charge on any atom is 0.244 e. The summed E-state index contributed by atoms with van der Waals surface area (Å²) in [6.45, 7) is 2.27. The molecule has 1 aromatic carbocycles. The lowest BCUT2D eigenvalue weighted by Gasteiger charge is -2.26. The number of hydrogen-bond acceptors (Lipinski definition) is 3. The minimum atomic E-state index is -0.0584. The van der Waals surface area contributed by atoms with Crippen molar-refractivity contribution >= 4 is 23.0 Å². The summed E-state index contributed by atoms with van der Waals surface area (Å²) in [6, 6.07) is 7.95. The van der Waals surface area contributed by atoms with Gasteiger partial charge in [-0.15, -0.1) is 0 Å². The molecular formula is C19H23NO3. The summed E-state index contributed by atoms with van der Waals surface area (Å²) in [7, 11) is 1.62. The first-order valence-electron chi connectivity index (χ1n) is 8.21. The number of hydrogen-bond donors (Lipinski definition) is 1. The summed E-state index contributed by atoms with van der Waals surface area (Å²) in [5.41, 5.74) is 0.705. The first-order chi connectivity index (χ1) is 11.2. The largest absolute Gasteiger partial charge is 0.493 e. The van der Waals surface area contributed by atoms with Gasteiger partial charge in [0.05, 0.1) is 7.11 Å². The number of benzene rings is 1. The highest BCUT2D eigenvalue weighted by molar-refractivity contribution is 5.92. The SMILES string of the molecule is COc1cccc2cc(/C=C/C(=O)NC3CCC(C)CC3)oc12. The number of carbonyl (C=O) groups excluding carboxylic acids is 1. The van der Waals surface area contributed by atoms with Crippen LogP contribution in [0.1, 0.15) is 38.4 Å². The lowest BCUT2D eigenvalue weighted by atomic mass is 9.87. The van der Waals surface area contributed by atoms with Crippen LogP contribution in [-0.4, -0.2) is 19.1 Å². The first-order valence-corrected chi connectivity index (χ1v) is 8.21. The van der Waals surface area contributed by atoms with E-state index in [0.29, 0.717) is 23.1 Å². The van der Waals surface area contributed by atoms with Gasteiger partial charge in [-0.2, -0.15) is 0 Å². The molecule has 1 heterocycles. The molecule has 0 saturated heterocycles. The highest BCUT2D eigenvalue weighted by Crippen LogP contribution is 2.29. The van der Waals surface area contributed by atoms with Crippen molar-refractivity contribution in [1.29, 1.82) is 0 Å². The van der Waals surface area contributed by atoms with Crippen molar-refractivity contribution in [1.82, 2.24) is 5.32 Å². The molecule has 0 atom stereocenters. The predicted octanol–water partition coefficient (Wildman–Crippen LogP) is 4.15. The van der Waals surface area contributed by atoms with Crippen LogP contribution < -0.4 is 10.1 Å². The fourth-order valence-electron chi connectivity index (χ4n) is 3.11. The first kappa shape index (κ1) is 15.7. The number of fused-ring (bicyclic) bond motifs is 1. The van der Waals surface area contributed by atoms with Crippen molar-refractivity contribution < 1.29 is 13.9 Å². The van der Waals surface area contributed by atoms with Crippen molar-refractivity contribution in [3.05, 3.63) is 36.1 Å². The number of amides is 1. The van der Waals surface area contributed by atoms with Crippen LogP contribution in [0.5, 0.6) is 5.75 Å². The zero-order chi connectivity index (χ0) is 16.2. The summed E-state index contributed by atoms with van der Waals surface area (Å²) in [4.78, 5) is 12.0. The lowest BCUT2D eigenvalue weighted by Crippen LogP contribution is -2.36. The third-order valence-corrected chi connectivity index (χ3v) is 4.51. The molecule has 0 spiro atoms. The fraction of sp³-hybridized carbons (Fsp3) is 0.421. The number of furan rings is 1. The molecule has 122 valence electrons. The van der Waals surface area contributed by atoms with Gasteiger partial charge in [0, 0.05) is 17.5 Å². The van der Waals surface area contributed by atoms with Gasteiger partial charge in [-0.1, -0.05) is 19.1 Å². The van der Waals surface area contributed by atoms with E-state index in [1.54, 1.807) is 19.3 Å². The van der Waals surface area contributed by atoms with E-state index in [-0.39, 0.29) is 5.91 Å². The number of methoxy groups -OCH3 is 1. The third-order valence-electron chi connectivity index (χ3n) is 4.51. The number of nitrogens with one attached hydrogen (secondary N) is 1. The van der Waals surface area contributed by atoms with Gasteiger partial charge in [0.15, 0.2) is 11.3 Å². The van der Waals surface area contributed by atoms with E-state index < -0.39 is 0 Å². The average Bonchev–Trinajstić information content (AvgIpc) is 2.98. The number of carbonyl (C=O) groups is 1. The molecule has 0 bridgehead atoms. The zero-order valence-electron chi connectivity index (χ0n) is 13.7. The highest BCUT2D eigenvalue weighted by Gasteiger charge is 2.18. The Bertz CT molecular complexity index is 708.